The first-order valence-corrected chi connectivity index (χ1v) is 20.5. The van der Waals surface area contributed by atoms with Gasteiger partial charge in [0, 0.05) is 88.8 Å². The lowest BCUT2D eigenvalue weighted by Crippen LogP contribution is -2.31. The first-order valence-electron chi connectivity index (χ1n) is 20.1. The number of phenolic OH excluding ortho intramolecular Hbond substituents is 2. The molecular weight excluding hydrogens is 778 g/mol. The minimum absolute atomic E-state index is 0.0233. The molecule has 2 aliphatic rings. The molecule has 2 atom stereocenters. The summed E-state index contributed by atoms with van der Waals surface area (Å²) in [6.07, 6.45) is 0. The van der Waals surface area contributed by atoms with Gasteiger partial charge in [-0.1, -0.05) is 54.1 Å². The van der Waals surface area contributed by atoms with E-state index < -0.39 is 23.1 Å². The van der Waals surface area contributed by atoms with Crippen molar-refractivity contribution < 1.29 is 34.0 Å². The number of carbonyl (C=O) groups excluding carboxylic acids is 2. The summed E-state index contributed by atoms with van der Waals surface area (Å²) in [5.74, 6) is -0.689. The topological polar surface area (TPSA) is 121 Å². The van der Waals surface area contributed by atoms with Gasteiger partial charge in [-0.25, -0.2) is 9.59 Å². The molecular formula is C49H46ClN3O7. The van der Waals surface area contributed by atoms with E-state index in [0.717, 1.165) is 37.6 Å². The van der Waals surface area contributed by atoms with E-state index in [-0.39, 0.29) is 11.5 Å². The maximum Gasteiger partial charge on any atom is 0.340 e. The Hall–Kier alpha value is -6.65. The van der Waals surface area contributed by atoms with E-state index in [9.17, 15) is 19.8 Å². The van der Waals surface area contributed by atoms with Crippen molar-refractivity contribution in [2.45, 2.75) is 38.9 Å². The highest BCUT2D eigenvalue weighted by Crippen LogP contribution is 2.54. The lowest BCUT2D eigenvalue weighted by Gasteiger charge is -2.33. The molecule has 0 bridgehead atoms. The van der Waals surface area contributed by atoms with Crippen molar-refractivity contribution in [1.82, 2.24) is 0 Å². The molecule has 2 aliphatic heterocycles. The largest absolute Gasteiger partial charge is 0.507 e. The molecule has 10 nitrogen and oxygen atoms in total. The number of halogens is 1. The number of fused-ring (bicyclic) bond motifs is 2. The predicted molar refractivity (Wildman–Crippen MR) is 235 cm³/mol. The van der Waals surface area contributed by atoms with E-state index >= 15 is 0 Å². The summed E-state index contributed by atoms with van der Waals surface area (Å²) in [7, 11) is 1.54. The van der Waals surface area contributed by atoms with E-state index in [0.29, 0.717) is 66.7 Å². The highest BCUT2D eigenvalue weighted by atomic mass is 35.5. The van der Waals surface area contributed by atoms with E-state index in [2.05, 4.69) is 15.1 Å². The molecule has 0 amide bonds. The van der Waals surface area contributed by atoms with Gasteiger partial charge in [-0.3, -0.25) is 0 Å². The molecule has 2 unspecified atom stereocenters. The second-order valence-corrected chi connectivity index (χ2v) is 15.1. The van der Waals surface area contributed by atoms with E-state index in [1.54, 1.807) is 73.8 Å². The molecule has 0 saturated heterocycles. The van der Waals surface area contributed by atoms with Gasteiger partial charge in [-0.15, -0.1) is 0 Å². The summed E-state index contributed by atoms with van der Waals surface area (Å²) in [5.41, 5.74) is 3.41. The van der Waals surface area contributed by atoms with E-state index in [4.69, 9.17) is 25.8 Å². The lowest BCUT2D eigenvalue weighted by atomic mass is 9.78. The fourth-order valence-corrected chi connectivity index (χ4v) is 9.04. The van der Waals surface area contributed by atoms with Gasteiger partial charge >= 0.3 is 11.9 Å². The van der Waals surface area contributed by atoms with Gasteiger partial charge in [0.2, 0.25) is 0 Å². The number of benzene rings is 6. The molecule has 0 aromatic heterocycles. The van der Waals surface area contributed by atoms with Gasteiger partial charge < -0.3 is 39.5 Å². The molecule has 0 spiro atoms. The molecule has 60 heavy (non-hydrogen) atoms. The number of cyclic esters (lactones) is 2. The SMILES string of the molecule is CCN(CC)c1ccc(C2(c3ccc(Nc4ccc(OC)c(C5(c6ccc(N(CC)CC)cc6O)OC(=O)c6ccccc65)c4)c(Cl)c3)OC(=O)c3ccccc32)c(O)c1. The van der Waals surface area contributed by atoms with Gasteiger partial charge in [-0.2, -0.15) is 0 Å². The highest BCUT2D eigenvalue weighted by Gasteiger charge is 2.52. The number of anilines is 4. The number of methoxy groups -OCH3 is 1. The Morgan fingerprint density at radius 3 is 1.63 bits per heavy atom. The molecule has 6 aromatic carbocycles. The van der Waals surface area contributed by atoms with Crippen LogP contribution >= 0.6 is 11.6 Å². The number of esters is 2. The van der Waals surface area contributed by atoms with E-state index in [1.165, 1.54) is 0 Å². The van der Waals surface area contributed by atoms with Gasteiger partial charge in [0.25, 0.3) is 0 Å². The fraction of sp³-hybridized carbons (Fsp3) is 0.224. The molecule has 0 fully saturated rings. The fourth-order valence-electron chi connectivity index (χ4n) is 8.81. The van der Waals surface area contributed by atoms with Crippen LogP contribution in [0.3, 0.4) is 0 Å². The van der Waals surface area contributed by atoms with E-state index in [1.807, 2.05) is 82.3 Å². The summed E-state index contributed by atoms with van der Waals surface area (Å²) >= 11 is 7.13. The maximum absolute atomic E-state index is 13.7. The maximum atomic E-state index is 13.7. The normalized spacial score (nSPS) is 17.7. The predicted octanol–water partition coefficient (Wildman–Crippen LogP) is 10.1. The number of nitrogens with zero attached hydrogens (tertiary/aromatic N) is 2. The molecule has 0 radical (unpaired) electrons. The standard InChI is InChI=1S/C49H46ClN3O7/c1-6-52(7-2)32-20-22-38(43(54)28-32)48(36-16-12-10-14-34(36)46(56)59-48)30-18-24-42(41(50)26-30)51-31-19-25-45(58-5)40(27-31)49(37-17-13-11-15-35(37)47(57)60-49)39-23-21-33(29-44(39)55)53(8-3)9-4/h10-29,51,54-55H,6-9H2,1-5H3. The smallest absolute Gasteiger partial charge is 0.340 e. The summed E-state index contributed by atoms with van der Waals surface area (Å²) < 4.78 is 18.6. The average Bonchev–Trinajstić information content (AvgIpc) is 3.73. The third-order valence-electron chi connectivity index (χ3n) is 11.8. The molecule has 2 heterocycles. The molecule has 3 N–H and O–H groups in total. The monoisotopic (exact) mass is 823 g/mol. The first-order chi connectivity index (χ1) is 29.0. The summed E-state index contributed by atoms with van der Waals surface area (Å²) in [6.45, 7) is 11.2. The van der Waals surface area contributed by atoms with Crippen LogP contribution in [0.4, 0.5) is 22.7 Å². The van der Waals surface area contributed by atoms with Crippen LogP contribution in [0.25, 0.3) is 0 Å². The van der Waals surface area contributed by atoms with Crippen LogP contribution in [-0.2, 0) is 20.7 Å². The van der Waals surface area contributed by atoms with Crippen LogP contribution in [0.5, 0.6) is 17.2 Å². The Balaban J connectivity index is 1.23. The van der Waals surface area contributed by atoms with Crippen molar-refractivity contribution in [2.24, 2.45) is 0 Å². The number of phenols is 2. The Kier molecular flexibility index (Phi) is 10.6. The zero-order valence-electron chi connectivity index (χ0n) is 34.1. The van der Waals surface area contributed by atoms with Crippen LogP contribution in [0, 0.1) is 0 Å². The van der Waals surface area contributed by atoms with Crippen molar-refractivity contribution in [2.75, 3.05) is 48.4 Å². The van der Waals surface area contributed by atoms with Crippen molar-refractivity contribution in [3.05, 3.63) is 171 Å². The Morgan fingerprint density at radius 2 is 1.12 bits per heavy atom. The van der Waals surface area contributed by atoms with Crippen molar-refractivity contribution >= 4 is 46.3 Å². The molecule has 0 saturated carbocycles. The van der Waals surface area contributed by atoms with Crippen molar-refractivity contribution in [3.63, 3.8) is 0 Å². The minimum atomic E-state index is -1.58. The number of hydrogen-bond acceptors (Lipinski definition) is 10. The first kappa shape index (κ1) is 40.1. The minimum Gasteiger partial charge on any atom is -0.507 e. The third-order valence-corrected chi connectivity index (χ3v) is 12.1. The molecule has 11 heteroatoms. The zero-order chi connectivity index (χ0) is 42.3. The third kappa shape index (κ3) is 6.33. The number of ether oxygens (including phenoxy) is 3. The molecule has 306 valence electrons. The summed E-state index contributed by atoms with van der Waals surface area (Å²) in [6, 6.07) is 35.9. The van der Waals surface area contributed by atoms with Gasteiger partial charge in [0.15, 0.2) is 11.2 Å². The Morgan fingerprint density at radius 1 is 0.600 bits per heavy atom. The van der Waals surface area contributed by atoms with Crippen LogP contribution in [0.1, 0.15) is 81.8 Å². The lowest BCUT2D eigenvalue weighted by molar-refractivity contribution is 0.0232. The second-order valence-electron chi connectivity index (χ2n) is 14.7. The molecule has 0 aliphatic carbocycles. The van der Waals surface area contributed by atoms with Gasteiger partial charge in [0.1, 0.15) is 17.2 Å². The van der Waals surface area contributed by atoms with Crippen LogP contribution < -0.4 is 19.9 Å². The van der Waals surface area contributed by atoms with Crippen LogP contribution in [0.2, 0.25) is 5.02 Å². The Bertz CT molecular complexity index is 2640. The summed E-state index contributed by atoms with van der Waals surface area (Å²) in [4.78, 5) is 31.4. The number of aromatic hydroxyl groups is 2. The number of hydrogen-bond donors (Lipinski definition) is 3. The zero-order valence-corrected chi connectivity index (χ0v) is 34.8. The quantitative estimate of drug-likeness (QED) is 0.0971. The molecule has 8 rings (SSSR count). The van der Waals surface area contributed by atoms with Gasteiger partial charge in [-0.05, 0) is 94.4 Å². The number of rotatable bonds is 13. The Labute approximate surface area is 354 Å². The van der Waals surface area contributed by atoms with Crippen molar-refractivity contribution in [3.8, 4) is 17.2 Å². The van der Waals surface area contributed by atoms with Crippen molar-refractivity contribution in [1.29, 1.82) is 0 Å². The second kappa shape index (κ2) is 15.8. The number of carbonyl (C=O) groups is 2. The van der Waals surface area contributed by atoms with Crippen LogP contribution in [0.15, 0.2) is 121 Å². The average molecular weight is 824 g/mol. The summed E-state index contributed by atoms with van der Waals surface area (Å²) in [5, 5.41) is 27.1. The number of nitrogens with one attached hydrogen (secondary N) is 1. The highest BCUT2D eigenvalue weighted by molar-refractivity contribution is 6.33. The van der Waals surface area contributed by atoms with Gasteiger partial charge in [0.05, 0.1) is 28.9 Å². The molecule has 6 aromatic rings. The van der Waals surface area contributed by atoms with Crippen LogP contribution in [-0.4, -0.2) is 55.4 Å².